The molecular formula is C22H36N5O2+. The third-order valence-corrected chi connectivity index (χ3v) is 8.19. The Hall–Kier alpha value is -1.47. The molecular weight excluding hydrogens is 366 g/mol. The van der Waals surface area contributed by atoms with Crippen LogP contribution in [0, 0.1) is 11.8 Å². The van der Waals surface area contributed by atoms with Gasteiger partial charge in [-0.05, 0) is 31.6 Å². The van der Waals surface area contributed by atoms with Crippen molar-refractivity contribution in [1.29, 1.82) is 0 Å². The van der Waals surface area contributed by atoms with Crippen LogP contribution >= 0.6 is 0 Å². The van der Waals surface area contributed by atoms with Crippen LogP contribution in [0.15, 0.2) is 6.20 Å². The predicted molar refractivity (Wildman–Crippen MR) is 108 cm³/mol. The topological polar surface area (TPSA) is 84.5 Å². The number of fused-ring (bicyclic) bond motifs is 3. The number of carbonyl (C=O) groups is 1. The summed E-state index contributed by atoms with van der Waals surface area (Å²) in [7, 11) is 0. The average molecular weight is 403 g/mol. The molecule has 2 bridgehead atoms. The van der Waals surface area contributed by atoms with Crippen molar-refractivity contribution < 1.29 is 14.8 Å². The summed E-state index contributed by atoms with van der Waals surface area (Å²) in [5, 5.41) is 22.7. The van der Waals surface area contributed by atoms with Gasteiger partial charge >= 0.3 is 0 Å². The highest BCUT2D eigenvalue weighted by Gasteiger charge is 2.47. The van der Waals surface area contributed by atoms with E-state index in [2.05, 4.69) is 15.6 Å². The molecule has 160 valence electrons. The maximum absolute atomic E-state index is 12.9. The molecule has 2 saturated carbocycles. The van der Waals surface area contributed by atoms with Crippen LogP contribution in [0.1, 0.15) is 76.3 Å². The van der Waals surface area contributed by atoms with Crippen molar-refractivity contribution in [3.8, 4) is 0 Å². The maximum Gasteiger partial charge on any atom is 0.229 e. The van der Waals surface area contributed by atoms with Crippen molar-refractivity contribution in [3.05, 3.63) is 11.9 Å². The Labute approximate surface area is 173 Å². The fourth-order valence-electron chi connectivity index (χ4n) is 6.42. The highest BCUT2D eigenvalue weighted by molar-refractivity contribution is 5.79. The number of piperidine rings is 3. The Bertz CT molecular complexity index is 723. The van der Waals surface area contributed by atoms with Crippen LogP contribution in [0.2, 0.25) is 0 Å². The zero-order chi connectivity index (χ0) is 19.8. The van der Waals surface area contributed by atoms with Gasteiger partial charge in [-0.25, -0.2) is 4.68 Å². The summed E-state index contributed by atoms with van der Waals surface area (Å²) >= 11 is 0. The lowest BCUT2D eigenvalue weighted by Crippen LogP contribution is -3.20. The van der Waals surface area contributed by atoms with Crippen LogP contribution in [-0.4, -0.2) is 51.2 Å². The molecule has 5 fully saturated rings. The molecule has 1 aromatic rings. The normalized spacial score (nSPS) is 34.4. The summed E-state index contributed by atoms with van der Waals surface area (Å²) in [6.07, 6.45) is 14.1. The van der Waals surface area contributed by atoms with Crippen LogP contribution < -0.4 is 10.2 Å². The van der Waals surface area contributed by atoms with Gasteiger partial charge in [0, 0.05) is 18.9 Å². The van der Waals surface area contributed by atoms with Crippen molar-refractivity contribution in [2.75, 3.05) is 13.1 Å². The van der Waals surface area contributed by atoms with E-state index < -0.39 is 5.60 Å². The fraction of sp³-hybridized carbons (Fsp3) is 0.864. The number of aliphatic hydroxyl groups is 1. The number of nitrogens with zero attached hydrogens (tertiary/aromatic N) is 3. The standard InChI is InChI=1S/C22H35N5O2/c28-21(23-17-6-2-1-3-7-17)19-14-26-11-8-16(19)12-18(26)13-27-15-20(24-25-27)22(29)9-4-5-10-22/h15-19,29H,1-14H2,(H,23,28)/p+1/t16-,18+,19-/m0/s1. The summed E-state index contributed by atoms with van der Waals surface area (Å²) in [6, 6.07) is 0.910. The minimum atomic E-state index is -0.765. The molecule has 3 aliphatic heterocycles. The number of quaternary nitrogens is 1. The molecule has 1 aromatic heterocycles. The van der Waals surface area contributed by atoms with Crippen molar-refractivity contribution >= 4 is 5.91 Å². The second-order valence-corrected chi connectivity index (χ2v) is 10.1. The van der Waals surface area contributed by atoms with E-state index in [1.807, 2.05) is 10.9 Å². The molecule has 4 heterocycles. The van der Waals surface area contributed by atoms with Gasteiger partial charge in [-0.2, -0.15) is 0 Å². The first-order chi connectivity index (χ1) is 14.1. The first-order valence-corrected chi connectivity index (χ1v) is 11.9. The average Bonchev–Trinajstić information content (AvgIpc) is 3.39. The number of rotatable bonds is 5. The molecule has 3 N–H and O–H groups in total. The Morgan fingerprint density at radius 3 is 2.72 bits per heavy atom. The van der Waals surface area contributed by atoms with Gasteiger partial charge in [-0.15, -0.1) is 5.10 Å². The van der Waals surface area contributed by atoms with E-state index in [4.69, 9.17) is 0 Å². The number of amides is 1. The predicted octanol–water partition coefficient (Wildman–Crippen LogP) is 0.782. The number of hydrogen-bond acceptors (Lipinski definition) is 4. The molecule has 6 rings (SSSR count). The lowest BCUT2D eigenvalue weighted by molar-refractivity contribution is -0.945. The summed E-state index contributed by atoms with van der Waals surface area (Å²) in [6.45, 7) is 2.96. The minimum Gasteiger partial charge on any atom is -0.383 e. The van der Waals surface area contributed by atoms with Crippen molar-refractivity contribution in [1.82, 2.24) is 20.3 Å². The molecule has 7 heteroatoms. The Kier molecular flexibility index (Phi) is 5.37. The number of aromatic nitrogens is 3. The molecule has 3 saturated heterocycles. The maximum atomic E-state index is 12.9. The SMILES string of the molecule is O=C(NC1CCCCC1)[C@H]1C[NH+]2CC[C@H]1C[C@@H]2Cn1cc(C2(O)CCCC2)nn1. The Balaban J connectivity index is 1.18. The van der Waals surface area contributed by atoms with Crippen molar-refractivity contribution in [2.24, 2.45) is 11.8 Å². The smallest absolute Gasteiger partial charge is 0.229 e. The van der Waals surface area contributed by atoms with Gasteiger partial charge in [0.25, 0.3) is 0 Å². The summed E-state index contributed by atoms with van der Waals surface area (Å²) in [5.74, 6) is 0.995. The van der Waals surface area contributed by atoms with Gasteiger partial charge in [0.1, 0.15) is 17.3 Å². The first kappa shape index (κ1) is 19.5. The van der Waals surface area contributed by atoms with E-state index in [0.717, 1.165) is 76.7 Å². The van der Waals surface area contributed by atoms with Crippen molar-refractivity contribution in [3.63, 3.8) is 0 Å². The van der Waals surface area contributed by atoms with Gasteiger partial charge in [-0.3, -0.25) is 4.79 Å². The molecule has 5 aliphatic rings. The van der Waals surface area contributed by atoms with Gasteiger partial charge in [-0.1, -0.05) is 37.3 Å². The molecule has 4 atom stereocenters. The number of hydrogen-bond donors (Lipinski definition) is 3. The molecule has 29 heavy (non-hydrogen) atoms. The van der Waals surface area contributed by atoms with Gasteiger partial charge in [0.05, 0.1) is 31.7 Å². The number of nitrogens with one attached hydrogen (secondary N) is 2. The van der Waals surface area contributed by atoms with Crippen LogP contribution in [0.25, 0.3) is 0 Å². The minimum absolute atomic E-state index is 0.183. The molecule has 0 radical (unpaired) electrons. The van der Waals surface area contributed by atoms with Gasteiger partial charge in [0.15, 0.2) is 0 Å². The largest absolute Gasteiger partial charge is 0.383 e. The lowest BCUT2D eigenvalue weighted by atomic mass is 9.75. The van der Waals surface area contributed by atoms with E-state index >= 15 is 0 Å². The van der Waals surface area contributed by atoms with Gasteiger partial charge < -0.3 is 15.3 Å². The van der Waals surface area contributed by atoms with E-state index in [0.29, 0.717) is 23.9 Å². The molecule has 1 amide bonds. The Morgan fingerprint density at radius 2 is 2.00 bits per heavy atom. The molecule has 7 nitrogen and oxygen atoms in total. The highest BCUT2D eigenvalue weighted by atomic mass is 16.3. The fourth-order valence-corrected chi connectivity index (χ4v) is 6.42. The monoisotopic (exact) mass is 402 g/mol. The molecule has 0 spiro atoms. The molecule has 0 aromatic carbocycles. The van der Waals surface area contributed by atoms with Crippen LogP contribution in [0.3, 0.4) is 0 Å². The highest BCUT2D eigenvalue weighted by Crippen LogP contribution is 2.37. The van der Waals surface area contributed by atoms with E-state index in [1.54, 1.807) is 4.90 Å². The van der Waals surface area contributed by atoms with Gasteiger partial charge in [0.2, 0.25) is 5.91 Å². The molecule has 1 unspecified atom stereocenters. The van der Waals surface area contributed by atoms with Crippen molar-refractivity contribution in [2.45, 2.75) is 94.9 Å². The van der Waals surface area contributed by atoms with Crippen LogP contribution in [0.5, 0.6) is 0 Å². The van der Waals surface area contributed by atoms with Crippen LogP contribution in [0.4, 0.5) is 0 Å². The summed E-state index contributed by atoms with van der Waals surface area (Å²) < 4.78 is 1.93. The lowest BCUT2D eigenvalue weighted by Gasteiger charge is -2.46. The zero-order valence-corrected chi connectivity index (χ0v) is 17.5. The number of carbonyl (C=O) groups excluding carboxylic acids is 1. The third kappa shape index (κ3) is 3.96. The van der Waals surface area contributed by atoms with Crippen LogP contribution in [-0.2, 0) is 16.9 Å². The molecule has 2 aliphatic carbocycles. The summed E-state index contributed by atoms with van der Waals surface area (Å²) in [5.41, 5.74) is -0.0232. The van der Waals surface area contributed by atoms with E-state index in [-0.39, 0.29) is 5.92 Å². The summed E-state index contributed by atoms with van der Waals surface area (Å²) in [4.78, 5) is 14.5. The zero-order valence-electron chi connectivity index (χ0n) is 17.5. The van der Waals surface area contributed by atoms with E-state index in [1.165, 1.54) is 19.3 Å². The first-order valence-electron chi connectivity index (χ1n) is 11.9. The quantitative estimate of drug-likeness (QED) is 0.680. The second kappa shape index (κ2) is 7.99. The second-order valence-electron chi connectivity index (χ2n) is 10.1. The van der Waals surface area contributed by atoms with E-state index in [9.17, 15) is 9.90 Å². The third-order valence-electron chi connectivity index (χ3n) is 8.19. The Morgan fingerprint density at radius 1 is 1.21 bits per heavy atom.